The van der Waals surface area contributed by atoms with E-state index in [9.17, 15) is 9.59 Å². The van der Waals surface area contributed by atoms with Crippen LogP contribution in [-0.4, -0.2) is 29.7 Å². The average molecular weight is 238 g/mol. The number of para-hydroxylation sites is 1. The molecule has 0 fully saturated rings. The number of Topliss-reactive ketones (excluding diaryl/α,β-unsaturated/α-hetero) is 1. The lowest BCUT2D eigenvalue weighted by Gasteiger charge is -2.24. The van der Waals surface area contributed by atoms with Gasteiger partial charge in [-0.25, -0.2) is 5.26 Å². The van der Waals surface area contributed by atoms with E-state index in [1.165, 1.54) is 25.1 Å². The van der Waals surface area contributed by atoms with E-state index in [0.717, 1.165) is 0 Å². The Balaban J connectivity index is 2.33. The summed E-state index contributed by atoms with van der Waals surface area (Å²) in [5, 5.41) is 8.61. The first-order valence-corrected chi connectivity index (χ1v) is 4.92. The van der Waals surface area contributed by atoms with Crippen LogP contribution in [0.25, 0.3) is 0 Å². The van der Waals surface area contributed by atoms with Crippen LogP contribution in [0.1, 0.15) is 17.3 Å². The number of benzene rings is 1. The van der Waals surface area contributed by atoms with Crippen molar-refractivity contribution in [1.29, 1.82) is 0 Å². The van der Waals surface area contributed by atoms with E-state index in [4.69, 9.17) is 14.7 Å². The molecule has 2 rings (SSSR count). The SMILES string of the molecule is CC(=O)OC1COc2c(OO)cccc2C1=O. The van der Waals surface area contributed by atoms with Crippen LogP contribution in [0.4, 0.5) is 0 Å². The quantitative estimate of drug-likeness (QED) is 0.471. The highest BCUT2D eigenvalue weighted by molar-refractivity contribution is 6.04. The Morgan fingerprint density at radius 3 is 2.94 bits per heavy atom. The van der Waals surface area contributed by atoms with E-state index in [2.05, 4.69) is 4.89 Å². The van der Waals surface area contributed by atoms with Crippen molar-refractivity contribution in [2.45, 2.75) is 13.0 Å². The number of ether oxygens (including phenoxy) is 2. The molecule has 0 aliphatic carbocycles. The second-order valence-corrected chi connectivity index (χ2v) is 3.50. The van der Waals surface area contributed by atoms with Crippen LogP contribution in [0.15, 0.2) is 18.2 Å². The van der Waals surface area contributed by atoms with Gasteiger partial charge >= 0.3 is 5.97 Å². The number of rotatable bonds is 2. The summed E-state index contributed by atoms with van der Waals surface area (Å²) in [6.45, 7) is 1.13. The topological polar surface area (TPSA) is 82.1 Å². The molecule has 0 bridgehead atoms. The van der Waals surface area contributed by atoms with Crippen LogP contribution in [0.3, 0.4) is 0 Å². The van der Waals surface area contributed by atoms with Crippen molar-refractivity contribution in [1.82, 2.24) is 0 Å². The summed E-state index contributed by atoms with van der Waals surface area (Å²) in [5.74, 6) is -0.717. The summed E-state index contributed by atoms with van der Waals surface area (Å²) in [6.07, 6.45) is -0.950. The number of hydrogen-bond donors (Lipinski definition) is 1. The third kappa shape index (κ3) is 2.07. The monoisotopic (exact) mass is 238 g/mol. The van der Waals surface area contributed by atoms with Gasteiger partial charge in [-0.05, 0) is 12.1 Å². The zero-order valence-electron chi connectivity index (χ0n) is 9.00. The first kappa shape index (κ1) is 11.4. The number of fused-ring (bicyclic) bond motifs is 1. The molecule has 90 valence electrons. The van der Waals surface area contributed by atoms with Crippen molar-refractivity contribution in [2.75, 3.05) is 6.61 Å². The lowest BCUT2D eigenvalue weighted by molar-refractivity contribution is -0.147. The molecule has 0 amide bonds. The van der Waals surface area contributed by atoms with Gasteiger partial charge in [0.2, 0.25) is 11.5 Å². The molecular weight excluding hydrogens is 228 g/mol. The molecule has 1 heterocycles. The van der Waals surface area contributed by atoms with E-state index in [0.29, 0.717) is 0 Å². The number of hydrogen-bond acceptors (Lipinski definition) is 6. The standard InChI is InChI=1S/C11H10O6/c1-6(12)16-9-5-15-11-7(10(9)13)3-2-4-8(11)17-14/h2-4,9,14H,5H2,1H3. The molecule has 6 heteroatoms. The summed E-state index contributed by atoms with van der Waals surface area (Å²) < 4.78 is 10.1. The Morgan fingerprint density at radius 1 is 1.53 bits per heavy atom. The number of carbonyl (C=O) groups is 2. The number of carbonyl (C=O) groups excluding carboxylic acids is 2. The highest BCUT2D eigenvalue weighted by Gasteiger charge is 2.33. The maximum absolute atomic E-state index is 11.9. The molecular formula is C11H10O6. The lowest BCUT2D eigenvalue weighted by atomic mass is 10.0. The van der Waals surface area contributed by atoms with Gasteiger partial charge in [0.15, 0.2) is 11.9 Å². The van der Waals surface area contributed by atoms with Gasteiger partial charge in [0, 0.05) is 6.92 Å². The Bertz CT molecular complexity index is 467. The van der Waals surface area contributed by atoms with Crippen molar-refractivity contribution in [3.63, 3.8) is 0 Å². The third-order valence-electron chi connectivity index (χ3n) is 2.32. The molecule has 1 N–H and O–H groups in total. The maximum atomic E-state index is 11.9. The molecule has 0 aromatic heterocycles. The van der Waals surface area contributed by atoms with Gasteiger partial charge in [-0.2, -0.15) is 0 Å². The fourth-order valence-corrected chi connectivity index (χ4v) is 1.63. The Labute approximate surface area is 96.6 Å². The highest BCUT2D eigenvalue weighted by atomic mass is 17.1. The zero-order chi connectivity index (χ0) is 12.4. The van der Waals surface area contributed by atoms with Crippen LogP contribution in [0, 0.1) is 0 Å². The zero-order valence-corrected chi connectivity index (χ0v) is 9.00. The van der Waals surface area contributed by atoms with Crippen molar-refractivity contribution in [3.8, 4) is 11.5 Å². The van der Waals surface area contributed by atoms with Crippen LogP contribution in [0.2, 0.25) is 0 Å². The molecule has 1 unspecified atom stereocenters. The van der Waals surface area contributed by atoms with E-state index in [1.54, 1.807) is 0 Å². The van der Waals surface area contributed by atoms with E-state index in [-0.39, 0.29) is 29.5 Å². The van der Waals surface area contributed by atoms with Crippen LogP contribution < -0.4 is 9.62 Å². The van der Waals surface area contributed by atoms with Gasteiger partial charge in [-0.1, -0.05) is 6.07 Å². The Morgan fingerprint density at radius 2 is 2.29 bits per heavy atom. The molecule has 6 nitrogen and oxygen atoms in total. The third-order valence-corrected chi connectivity index (χ3v) is 2.32. The predicted octanol–water partition coefficient (Wildman–Crippen LogP) is 1.05. The Hall–Kier alpha value is -2.08. The van der Waals surface area contributed by atoms with E-state index >= 15 is 0 Å². The number of ketones is 1. The van der Waals surface area contributed by atoms with Crippen molar-refractivity contribution < 1.29 is 29.2 Å². The molecule has 1 atom stereocenters. The van der Waals surface area contributed by atoms with Crippen molar-refractivity contribution in [3.05, 3.63) is 23.8 Å². The van der Waals surface area contributed by atoms with Gasteiger partial charge < -0.3 is 14.4 Å². The Kier molecular flexibility index (Phi) is 2.97. The fourth-order valence-electron chi connectivity index (χ4n) is 1.63. The molecule has 0 saturated heterocycles. The van der Waals surface area contributed by atoms with Gasteiger partial charge in [-0.15, -0.1) is 0 Å². The molecule has 0 radical (unpaired) electrons. The van der Waals surface area contributed by atoms with Gasteiger partial charge in [-0.3, -0.25) is 9.59 Å². The van der Waals surface area contributed by atoms with Crippen LogP contribution in [-0.2, 0) is 9.53 Å². The van der Waals surface area contributed by atoms with Crippen molar-refractivity contribution in [2.24, 2.45) is 0 Å². The minimum atomic E-state index is -0.950. The molecule has 0 saturated carbocycles. The summed E-state index contributed by atoms with van der Waals surface area (Å²) >= 11 is 0. The normalized spacial score (nSPS) is 18.0. The molecule has 1 aliphatic rings. The summed E-state index contributed by atoms with van der Waals surface area (Å²) in [5.41, 5.74) is 0.217. The lowest BCUT2D eigenvalue weighted by Crippen LogP contribution is -2.36. The maximum Gasteiger partial charge on any atom is 0.303 e. The second-order valence-electron chi connectivity index (χ2n) is 3.50. The van der Waals surface area contributed by atoms with Crippen LogP contribution >= 0.6 is 0 Å². The molecule has 0 spiro atoms. The average Bonchev–Trinajstić information content (AvgIpc) is 2.31. The summed E-state index contributed by atoms with van der Waals surface area (Å²) in [7, 11) is 0. The minimum Gasteiger partial charge on any atom is -0.484 e. The molecule has 1 aromatic rings. The predicted molar refractivity (Wildman–Crippen MR) is 55.1 cm³/mol. The number of esters is 1. The first-order chi connectivity index (χ1) is 8.13. The largest absolute Gasteiger partial charge is 0.484 e. The molecule has 17 heavy (non-hydrogen) atoms. The van der Waals surface area contributed by atoms with Gasteiger partial charge in [0.1, 0.15) is 6.61 Å². The highest BCUT2D eigenvalue weighted by Crippen LogP contribution is 2.34. The van der Waals surface area contributed by atoms with Crippen LogP contribution in [0.5, 0.6) is 11.5 Å². The van der Waals surface area contributed by atoms with E-state index in [1.807, 2.05) is 0 Å². The fraction of sp³-hybridized carbons (Fsp3) is 0.273. The second kappa shape index (κ2) is 4.42. The summed E-state index contributed by atoms with van der Waals surface area (Å²) in [4.78, 5) is 26.8. The smallest absolute Gasteiger partial charge is 0.303 e. The minimum absolute atomic E-state index is 0.0529. The van der Waals surface area contributed by atoms with Gasteiger partial charge in [0.25, 0.3) is 0 Å². The molecule has 1 aromatic carbocycles. The first-order valence-electron chi connectivity index (χ1n) is 4.92. The molecule has 1 aliphatic heterocycles. The van der Waals surface area contributed by atoms with Crippen molar-refractivity contribution >= 4 is 11.8 Å². The summed E-state index contributed by atoms with van der Waals surface area (Å²) in [6, 6.07) is 4.50. The van der Waals surface area contributed by atoms with Gasteiger partial charge in [0.05, 0.1) is 5.56 Å². The van der Waals surface area contributed by atoms with E-state index < -0.39 is 12.1 Å².